The van der Waals surface area contributed by atoms with Crippen LogP contribution in [0, 0.1) is 6.92 Å². The van der Waals surface area contributed by atoms with Crippen LogP contribution in [0.3, 0.4) is 0 Å². The molecule has 23 heavy (non-hydrogen) atoms. The van der Waals surface area contributed by atoms with Gasteiger partial charge in [0.15, 0.2) is 5.11 Å². The number of anilines is 1. The first-order chi connectivity index (χ1) is 11.0. The second-order valence-corrected chi connectivity index (χ2v) is 6.08. The molecule has 0 unspecified atom stereocenters. The quantitative estimate of drug-likeness (QED) is 0.737. The van der Waals surface area contributed by atoms with Gasteiger partial charge in [0.1, 0.15) is 5.75 Å². The number of thiocarbonyl (C=S) groups is 1. The molecule has 0 heterocycles. The first-order valence-electron chi connectivity index (χ1n) is 7.51. The Hall–Kier alpha value is -1.78. The molecule has 2 rings (SSSR count). The molecule has 3 nitrogen and oxygen atoms in total. The molecular weight excluding hydrogens is 328 g/mol. The van der Waals surface area contributed by atoms with Crippen molar-refractivity contribution in [3.05, 3.63) is 58.6 Å². The van der Waals surface area contributed by atoms with Gasteiger partial charge >= 0.3 is 0 Å². The lowest BCUT2D eigenvalue weighted by Crippen LogP contribution is -2.32. The minimum atomic E-state index is 0.171. The fraction of sp³-hybridized carbons (Fsp3) is 0.278. The first-order valence-corrected chi connectivity index (χ1v) is 8.30. The molecule has 0 aliphatic heterocycles. The van der Waals surface area contributed by atoms with E-state index in [1.807, 2.05) is 24.3 Å². The molecule has 2 aromatic carbocycles. The van der Waals surface area contributed by atoms with E-state index in [0.717, 1.165) is 12.1 Å². The summed E-state index contributed by atoms with van der Waals surface area (Å²) in [5, 5.41) is 7.65. The SMILES string of the molecule is CC[C@@H](NC(=S)Nc1ccc(OC)c(Cl)c1)c1ccccc1C. The van der Waals surface area contributed by atoms with Gasteiger partial charge in [0.05, 0.1) is 18.2 Å². The summed E-state index contributed by atoms with van der Waals surface area (Å²) in [4.78, 5) is 0. The number of benzene rings is 2. The molecule has 2 N–H and O–H groups in total. The van der Waals surface area contributed by atoms with Crippen molar-refractivity contribution in [3.8, 4) is 5.75 Å². The number of halogens is 1. The van der Waals surface area contributed by atoms with Crippen LogP contribution in [0.2, 0.25) is 5.02 Å². The molecule has 2 aromatic rings. The molecule has 0 saturated heterocycles. The van der Waals surface area contributed by atoms with Gasteiger partial charge in [-0.2, -0.15) is 0 Å². The lowest BCUT2D eigenvalue weighted by atomic mass is 10.00. The summed E-state index contributed by atoms with van der Waals surface area (Å²) >= 11 is 11.6. The molecule has 0 bridgehead atoms. The third-order valence-electron chi connectivity index (χ3n) is 3.69. The van der Waals surface area contributed by atoms with E-state index in [1.54, 1.807) is 13.2 Å². The topological polar surface area (TPSA) is 33.3 Å². The largest absolute Gasteiger partial charge is 0.495 e. The average molecular weight is 349 g/mol. The van der Waals surface area contributed by atoms with Gasteiger partial charge in [0.2, 0.25) is 0 Å². The molecule has 0 aliphatic rings. The van der Waals surface area contributed by atoms with Crippen LogP contribution in [-0.4, -0.2) is 12.2 Å². The van der Waals surface area contributed by atoms with E-state index in [2.05, 4.69) is 36.6 Å². The number of aryl methyl sites for hydroxylation is 1. The predicted octanol–water partition coefficient (Wildman–Crippen LogP) is 5.09. The Labute approximate surface area is 148 Å². The van der Waals surface area contributed by atoms with Crippen LogP contribution >= 0.6 is 23.8 Å². The smallest absolute Gasteiger partial charge is 0.171 e. The second-order valence-electron chi connectivity index (χ2n) is 5.27. The van der Waals surface area contributed by atoms with Gasteiger partial charge in [0, 0.05) is 5.69 Å². The molecule has 0 fully saturated rings. The normalized spacial score (nSPS) is 11.7. The maximum atomic E-state index is 6.13. The summed E-state index contributed by atoms with van der Waals surface area (Å²) in [6, 6.07) is 14.0. The second kappa shape index (κ2) is 8.18. The van der Waals surface area contributed by atoms with E-state index < -0.39 is 0 Å². The van der Waals surface area contributed by atoms with Crippen molar-refractivity contribution in [2.24, 2.45) is 0 Å². The Kier molecular flexibility index (Phi) is 6.25. The van der Waals surface area contributed by atoms with Crippen LogP contribution in [0.25, 0.3) is 0 Å². The van der Waals surface area contributed by atoms with Gasteiger partial charge in [-0.3, -0.25) is 0 Å². The molecule has 0 spiro atoms. The van der Waals surface area contributed by atoms with E-state index in [1.165, 1.54) is 11.1 Å². The molecule has 1 atom stereocenters. The Morgan fingerprint density at radius 1 is 1.26 bits per heavy atom. The van der Waals surface area contributed by atoms with Gasteiger partial charge in [-0.05, 0) is 54.9 Å². The van der Waals surface area contributed by atoms with Crippen molar-refractivity contribution in [3.63, 3.8) is 0 Å². The fourth-order valence-corrected chi connectivity index (χ4v) is 2.96. The van der Waals surface area contributed by atoms with Gasteiger partial charge in [0.25, 0.3) is 0 Å². The van der Waals surface area contributed by atoms with Gasteiger partial charge in [-0.15, -0.1) is 0 Å². The van der Waals surface area contributed by atoms with Crippen molar-refractivity contribution >= 4 is 34.6 Å². The highest BCUT2D eigenvalue weighted by atomic mass is 35.5. The van der Waals surface area contributed by atoms with E-state index in [9.17, 15) is 0 Å². The van der Waals surface area contributed by atoms with Crippen LogP contribution in [-0.2, 0) is 0 Å². The molecule has 0 saturated carbocycles. The van der Waals surface area contributed by atoms with E-state index in [0.29, 0.717) is 15.9 Å². The summed E-state index contributed by atoms with van der Waals surface area (Å²) in [7, 11) is 1.59. The van der Waals surface area contributed by atoms with Crippen LogP contribution in [0.5, 0.6) is 5.75 Å². The van der Waals surface area contributed by atoms with Crippen LogP contribution < -0.4 is 15.4 Å². The third kappa shape index (κ3) is 4.60. The zero-order valence-corrected chi connectivity index (χ0v) is 15.1. The third-order valence-corrected chi connectivity index (χ3v) is 4.20. The number of methoxy groups -OCH3 is 1. The number of hydrogen-bond donors (Lipinski definition) is 2. The van der Waals surface area contributed by atoms with Crippen molar-refractivity contribution in [2.45, 2.75) is 26.3 Å². The van der Waals surface area contributed by atoms with Gasteiger partial charge in [-0.1, -0.05) is 42.8 Å². The number of rotatable bonds is 5. The van der Waals surface area contributed by atoms with E-state index in [4.69, 9.17) is 28.6 Å². The standard InChI is InChI=1S/C18H21ClN2OS/c1-4-16(14-8-6-5-7-12(14)2)21-18(23)20-13-9-10-17(22-3)15(19)11-13/h5-11,16H,4H2,1-3H3,(H2,20,21,23)/t16-/m1/s1. The Balaban J connectivity index is 2.06. The summed E-state index contributed by atoms with van der Waals surface area (Å²) in [5.74, 6) is 0.641. The molecule has 0 radical (unpaired) electrons. The van der Waals surface area contributed by atoms with Crippen LogP contribution in [0.15, 0.2) is 42.5 Å². The van der Waals surface area contributed by atoms with Crippen molar-refractivity contribution in [1.82, 2.24) is 5.32 Å². The maximum absolute atomic E-state index is 6.13. The highest BCUT2D eigenvalue weighted by Crippen LogP contribution is 2.27. The molecule has 5 heteroatoms. The molecule has 122 valence electrons. The Morgan fingerprint density at radius 2 is 2.00 bits per heavy atom. The highest BCUT2D eigenvalue weighted by molar-refractivity contribution is 7.80. The Morgan fingerprint density at radius 3 is 2.61 bits per heavy atom. The van der Waals surface area contributed by atoms with Gasteiger partial charge in [-0.25, -0.2) is 0 Å². The summed E-state index contributed by atoms with van der Waals surface area (Å²) in [5.41, 5.74) is 3.34. The number of nitrogens with one attached hydrogen (secondary N) is 2. The van der Waals surface area contributed by atoms with E-state index in [-0.39, 0.29) is 6.04 Å². The minimum Gasteiger partial charge on any atom is -0.495 e. The summed E-state index contributed by atoms with van der Waals surface area (Å²) in [6.07, 6.45) is 0.941. The van der Waals surface area contributed by atoms with Crippen molar-refractivity contribution in [2.75, 3.05) is 12.4 Å². The zero-order valence-electron chi connectivity index (χ0n) is 13.5. The number of ether oxygens (including phenoxy) is 1. The monoisotopic (exact) mass is 348 g/mol. The lowest BCUT2D eigenvalue weighted by Gasteiger charge is -2.21. The summed E-state index contributed by atoms with van der Waals surface area (Å²) in [6.45, 7) is 4.25. The van der Waals surface area contributed by atoms with Crippen molar-refractivity contribution < 1.29 is 4.74 Å². The number of hydrogen-bond acceptors (Lipinski definition) is 2. The van der Waals surface area contributed by atoms with Crippen molar-refractivity contribution in [1.29, 1.82) is 0 Å². The zero-order chi connectivity index (χ0) is 16.8. The summed E-state index contributed by atoms with van der Waals surface area (Å²) < 4.78 is 5.15. The predicted molar refractivity (Wildman–Crippen MR) is 102 cm³/mol. The first kappa shape index (κ1) is 17.6. The molecule has 0 aliphatic carbocycles. The maximum Gasteiger partial charge on any atom is 0.171 e. The lowest BCUT2D eigenvalue weighted by molar-refractivity contribution is 0.415. The van der Waals surface area contributed by atoms with Crippen LogP contribution in [0.1, 0.15) is 30.5 Å². The molecule has 0 aromatic heterocycles. The molecular formula is C18H21ClN2OS. The minimum absolute atomic E-state index is 0.171. The Bertz CT molecular complexity index is 690. The average Bonchev–Trinajstić information content (AvgIpc) is 2.53. The van der Waals surface area contributed by atoms with E-state index >= 15 is 0 Å². The molecule has 0 amide bonds. The highest BCUT2D eigenvalue weighted by Gasteiger charge is 2.13. The van der Waals surface area contributed by atoms with Crippen LogP contribution in [0.4, 0.5) is 5.69 Å². The fourth-order valence-electron chi connectivity index (χ4n) is 2.45. The van der Waals surface area contributed by atoms with Gasteiger partial charge < -0.3 is 15.4 Å².